The van der Waals surface area contributed by atoms with E-state index in [4.69, 9.17) is 0 Å². The highest BCUT2D eigenvalue weighted by atomic mass is 16.3. The Morgan fingerprint density at radius 3 is 1.95 bits per heavy atom. The van der Waals surface area contributed by atoms with Crippen LogP contribution in [0, 0.1) is 10.8 Å². The van der Waals surface area contributed by atoms with Gasteiger partial charge in [-0.3, -0.25) is 9.80 Å². The summed E-state index contributed by atoms with van der Waals surface area (Å²) in [5.41, 5.74) is 1.22. The van der Waals surface area contributed by atoms with E-state index in [1.807, 2.05) is 18.2 Å². The average Bonchev–Trinajstić information content (AvgIpc) is 2.52. The van der Waals surface area contributed by atoms with Crippen LogP contribution in [0.25, 0.3) is 0 Å². The van der Waals surface area contributed by atoms with Crippen LogP contribution in [0.1, 0.15) is 38.4 Å². The number of rotatable bonds is 3. The highest BCUT2D eigenvalue weighted by Gasteiger charge is 2.70. The second kappa shape index (κ2) is 4.70. The molecule has 1 aromatic carbocycles. The average molecular weight is 304 g/mol. The third-order valence-electron chi connectivity index (χ3n) is 6.95. The Bertz CT molecular complexity index is 548. The number of aromatic hydroxyl groups is 1. The predicted octanol–water partition coefficient (Wildman–Crippen LogP) is -0.645. The van der Waals surface area contributed by atoms with Gasteiger partial charge in [0.15, 0.2) is 0 Å². The largest absolute Gasteiger partial charge is 0.507 e. The van der Waals surface area contributed by atoms with Gasteiger partial charge >= 0.3 is 0 Å². The van der Waals surface area contributed by atoms with E-state index in [1.165, 1.54) is 0 Å². The number of quaternary nitrogens is 2. The zero-order chi connectivity index (χ0) is 15.5. The lowest BCUT2D eigenvalue weighted by Crippen LogP contribution is -3.41. The first-order chi connectivity index (χ1) is 10.6. The molecule has 4 N–H and O–H groups in total. The molecule has 5 rings (SSSR count). The number of nitrogens with one attached hydrogen (secondary N) is 2. The van der Waals surface area contributed by atoms with Crippen LogP contribution in [0.4, 0.5) is 0 Å². The lowest BCUT2D eigenvalue weighted by molar-refractivity contribution is -1.19. The summed E-state index contributed by atoms with van der Waals surface area (Å²) in [5.74, 6) is 0.427. The fraction of sp³-hybridized carbons (Fsp3) is 0.667. The van der Waals surface area contributed by atoms with Crippen molar-refractivity contribution in [2.45, 2.75) is 39.0 Å². The standard InChI is InChI=1S/C18H26N2O2/c1-3-17-9-19-11-18(4-2,16(17)22)12-20(10-17)15(19)13-7-5-6-8-14(13)21/h5-8,15-16,21-22H,3-4,9-12H2,1-2H3/p+2. The normalized spacial score (nSPS) is 46.1. The van der Waals surface area contributed by atoms with E-state index in [2.05, 4.69) is 19.9 Å². The van der Waals surface area contributed by atoms with Gasteiger partial charge in [0.1, 0.15) is 11.3 Å². The molecule has 0 unspecified atom stereocenters. The molecule has 0 aliphatic carbocycles. The molecule has 4 bridgehead atoms. The molecule has 22 heavy (non-hydrogen) atoms. The van der Waals surface area contributed by atoms with Crippen LogP contribution in [0.2, 0.25) is 0 Å². The highest BCUT2D eigenvalue weighted by Crippen LogP contribution is 2.44. The van der Waals surface area contributed by atoms with Gasteiger partial charge in [0.25, 0.3) is 0 Å². The Hall–Kier alpha value is -1.10. The maximum absolute atomic E-state index is 11.1. The monoisotopic (exact) mass is 304 g/mol. The van der Waals surface area contributed by atoms with Crippen molar-refractivity contribution in [1.29, 1.82) is 0 Å². The summed E-state index contributed by atoms with van der Waals surface area (Å²) in [7, 11) is 0. The van der Waals surface area contributed by atoms with Crippen LogP contribution in [0.5, 0.6) is 5.75 Å². The summed E-state index contributed by atoms with van der Waals surface area (Å²) >= 11 is 0. The molecule has 0 radical (unpaired) electrons. The number of phenolic OH excluding ortho intramolecular Hbond substituents is 1. The van der Waals surface area contributed by atoms with Crippen LogP contribution in [-0.2, 0) is 0 Å². The Morgan fingerprint density at radius 1 is 1.00 bits per heavy atom. The summed E-state index contributed by atoms with van der Waals surface area (Å²) < 4.78 is 0. The van der Waals surface area contributed by atoms with Crippen molar-refractivity contribution < 1.29 is 20.0 Å². The second-order valence-electron chi connectivity index (χ2n) is 7.85. The molecule has 120 valence electrons. The quantitative estimate of drug-likeness (QED) is 0.600. The van der Waals surface area contributed by atoms with Gasteiger partial charge in [0.05, 0.1) is 43.1 Å². The van der Waals surface area contributed by atoms with E-state index in [9.17, 15) is 10.2 Å². The van der Waals surface area contributed by atoms with E-state index >= 15 is 0 Å². The molecule has 0 atom stereocenters. The molecule has 4 nitrogen and oxygen atoms in total. The first-order valence-corrected chi connectivity index (χ1v) is 8.70. The summed E-state index contributed by atoms with van der Waals surface area (Å²) in [6.07, 6.45) is 2.27. The van der Waals surface area contributed by atoms with Crippen molar-refractivity contribution in [3.8, 4) is 5.75 Å². The number of hydrogen-bond acceptors (Lipinski definition) is 2. The van der Waals surface area contributed by atoms with Crippen molar-refractivity contribution >= 4 is 0 Å². The molecule has 0 amide bonds. The Balaban J connectivity index is 1.76. The van der Waals surface area contributed by atoms with Crippen molar-refractivity contribution in [1.82, 2.24) is 0 Å². The fourth-order valence-electron chi connectivity index (χ4n) is 5.85. The Morgan fingerprint density at radius 2 is 1.50 bits per heavy atom. The zero-order valence-corrected chi connectivity index (χ0v) is 13.6. The summed E-state index contributed by atoms with van der Waals surface area (Å²) in [5, 5.41) is 21.4. The predicted molar refractivity (Wildman–Crippen MR) is 83.7 cm³/mol. The molecule has 0 aromatic heterocycles. The van der Waals surface area contributed by atoms with Crippen LogP contribution in [-0.4, -0.2) is 42.5 Å². The lowest BCUT2D eigenvalue weighted by atomic mass is 9.57. The van der Waals surface area contributed by atoms with E-state index < -0.39 is 0 Å². The van der Waals surface area contributed by atoms with Gasteiger partial charge in [-0.25, -0.2) is 0 Å². The van der Waals surface area contributed by atoms with Gasteiger partial charge in [-0.05, 0) is 25.0 Å². The molecular formula is C18H28N2O2+2. The van der Waals surface area contributed by atoms with Gasteiger partial charge in [-0.2, -0.15) is 0 Å². The molecular weight excluding hydrogens is 276 g/mol. The molecule has 0 saturated carbocycles. The molecule has 4 aliphatic heterocycles. The smallest absolute Gasteiger partial charge is 0.243 e. The molecule has 1 aromatic rings. The van der Waals surface area contributed by atoms with Gasteiger partial charge in [0.2, 0.25) is 6.17 Å². The van der Waals surface area contributed by atoms with Gasteiger partial charge in [0, 0.05) is 0 Å². The minimum atomic E-state index is -0.159. The number of piperidine rings is 2. The van der Waals surface area contributed by atoms with Crippen molar-refractivity contribution in [3.05, 3.63) is 29.8 Å². The highest BCUT2D eigenvalue weighted by molar-refractivity contribution is 5.32. The van der Waals surface area contributed by atoms with Gasteiger partial charge in [-0.15, -0.1) is 0 Å². The Kier molecular flexibility index (Phi) is 3.09. The zero-order valence-electron chi connectivity index (χ0n) is 13.6. The van der Waals surface area contributed by atoms with Crippen LogP contribution in [0.15, 0.2) is 24.3 Å². The van der Waals surface area contributed by atoms with Gasteiger partial charge in [-0.1, -0.05) is 26.0 Å². The summed E-state index contributed by atoms with van der Waals surface area (Å²) in [6.45, 7) is 8.61. The number of hydrogen-bond donors (Lipinski definition) is 4. The third-order valence-corrected chi connectivity index (χ3v) is 6.95. The van der Waals surface area contributed by atoms with Crippen molar-refractivity contribution in [3.63, 3.8) is 0 Å². The molecule has 0 spiro atoms. The van der Waals surface area contributed by atoms with Crippen LogP contribution >= 0.6 is 0 Å². The van der Waals surface area contributed by atoms with E-state index in [-0.39, 0.29) is 16.9 Å². The van der Waals surface area contributed by atoms with E-state index in [0.717, 1.165) is 44.6 Å². The lowest BCUT2D eigenvalue weighted by Gasteiger charge is -2.64. The van der Waals surface area contributed by atoms with Gasteiger partial charge < -0.3 is 10.2 Å². The molecule has 4 fully saturated rings. The first-order valence-electron chi connectivity index (χ1n) is 8.70. The minimum absolute atomic E-state index is 0.0675. The topological polar surface area (TPSA) is 49.3 Å². The van der Waals surface area contributed by atoms with E-state index in [0.29, 0.717) is 11.9 Å². The SMILES string of the molecule is CCC12C[NH+]3CC(CC)(C[NH+](C1)C3c1ccccc1O)C2O. The molecule has 4 heteroatoms. The minimum Gasteiger partial charge on any atom is -0.507 e. The fourth-order valence-corrected chi connectivity index (χ4v) is 5.85. The number of aliphatic hydroxyl groups excluding tert-OH is 1. The number of aliphatic hydroxyl groups is 1. The first kappa shape index (κ1) is 14.5. The van der Waals surface area contributed by atoms with E-state index in [1.54, 1.807) is 9.80 Å². The number of phenols is 1. The maximum Gasteiger partial charge on any atom is 0.243 e. The van der Waals surface area contributed by atoms with Crippen LogP contribution < -0.4 is 9.80 Å². The third kappa shape index (κ3) is 1.69. The Labute approximate surface area is 132 Å². The van der Waals surface area contributed by atoms with Crippen LogP contribution in [0.3, 0.4) is 0 Å². The van der Waals surface area contributed by atoms with Crippen molar-refractivity contribution in [2.75, 3.05) is 26.2 Å². The van der Waals surface area contributed by atoms with Crippen molar-refractivity contribution in [2.24, 2.45) is 10.8 Å². The maximum atomic E-state index is 11.1. The summed E-state index contributed by atoms with van der Waals surface area (Å²) in [4.78, 5) is 3.12. The molecule has 4 saturated heterocycles. The molecule has 4 aliphatic rings. The molecule has 4 heterocycles. The number of benzene rings is 1. The summed E-state index contributed by atoms with van der Waals surface area (Å²) in [6, 6.07) is 7.81. The number of para-hydroxylation sites is 1. The second-order valence-corrected chi connectivity index (χ2v) is 7.85.